The molecule has 1 heterocycles. The number of benzene rings is 1. The number of rotatable bonds is 7. The van der Waals surface area contributed by atoms with Crippen LogP contribution < -0.4 is 11.1 Å². The molecule has 0 radical (unpaired) electrons. The lowest BCUT2D eigenvalue weighted by Crippen LogP contribution is -2.11. The third-order valence-electron chi connectivity index (χ3n) is 3.39. The van der Waals surface area contributed by atoms with Crippen molar-refractivity contribution in [3.63, 3.8) is 0 Å². The van der Waals surface area contributed by atoms with Gasteiger partial charge in [-0.25, -0.2) is 9.97 Å². The summed E-state index contributed by atoms with van der Waals surface area (Å²) in [6.07, 6.45) is 7.97. The first-order valence-electron chi connectivity index (χ1n) is 7.51. The number of nitrogens with two attached hydrogens (primary N) is 1. The van der Waals surface area contributed by atoms with Crippen LogP contribution in [0, 0.1) is 0 Å². The molecule has 2 aromatic rings. The smallest absolute Gasteiger partial charge is 0.224 e. The quantitative estimate of drug-likeness (QED) is 0.757. The number of halogens is 1. The van der Waals surface area contributed by atoms with E-state index in [2.05, 4.69) is 22.2 Å². The Morgan fingerprint density at radius 3 is 2.77 bits per heavy atom. The average Bonchev–Trinajstić information content (AvgIpc) is 2.47. The molecule has 0 aliphatic heterocycles. The summed E-state index contributed by atoms with van der Waals surface area (Å²) < 4.78 is 0. The Balaban J connectivity index is 0.00000242. The molecular weight excluding hydrogens is 300 g/mol. The van der Waals surface area contributed by atoms with Gasteiger partial charge in [0.05, 0.1) is 5.52 Å². The fourth-order valence-corrected chi connectivity index (χ4v) is 2.24. The molecule has 2 rings (SSSR count). The normalized spacial score (nSPS) is 10.2. The molecule has 0 saturated heterocycles. The van der Waals surface area contributed by atoms with Crippen LogP contribution in [0.4, 0.5) is 11.6 Å². The van der Waals surface area contributed by atoms with E-state index in [0.717, 1.165) is 29.4 Å². The van der Waals surface area contributed by atoms with Gasteiger partial charge in [0.15, 0.2) is 0 Å². The predicted octanol–water partition coefficient (Wildman–Crippen LogP) is 3.93. The number of fused-ring (bicyclic) bond motifs is 1. The van der Waals surface area contributed by atoms with E-state index in [9.17, 15) is 4.79 Å². The summed E-state index contributed by atoms with van der Waals surface area (Å²) in [4.78, 5) is 20.0. The summed E-state index contributed by atoms with van der Waals surface area (Å²) in [6, 6.07) is 5.54. The number of nitrogens with zero attached hydrogens (tertiary/aromatic N) is 2. The molecule has 120 valence electrons. The molecule has 1 aromatic carbocycles. The first kappa shape index (κ1) is 18.2. The highest BCUT2D eigenvalue weighted by molar-refractivity contribution is 5.93. The molecule has 0 unspecified atom stereocenters. The maximum atomic E-state index is 11.9. The second kappa shape index (κ2) is 9.20. The zero-order chi connectivity index (χ0) is 15.1. The van der Waals surface area contributed by atoms with Gasteiger partial charge in [-0.2, -0.15) is 0 Å². The topological polar surface area (TPSA) is 80.9 Å². The minimum absolute atomic E-state index is 0. The highest BCUT2D eigenvalue weighted by Crippen LogP contribution is 2.18. The summed E-state index contributed by atoms with van der Waals surface area (Å²) in [5.74, 6) is 0.313. The maximum Gasteiger partial charge on any atom is 0.224 e. The van der Waals surface area contributed by atoms with E-state index in [0.29, 0.717) is 6.42 Å². The van der Waals surface area contributed by atoms with E-state index >= 15 is 0 Å². The van der Waals surface area contributed by atoms with Gasteiger partial charge in [-0.15, -0.1) is 12.4 Å². The molecule has 0 atom stereocenters. The molecule has 0 aliphatic carbocycles. The van der Waals surface area contributed by atoms with Gasteiger partial charge in [-0.3, -0.25) is 4.79 Å². The number of hydrogen-bond donors (Lipinski definition) is 2. The number of unbranched alkanes of at least 4 members (excludes halogenated alkanes) is 4. The molecule has 1 aromatic heterocycles. The Bertz CT molecular complexity index is 618. The maximum absolute atomic E-state index is 11.9. The van der Waals surface area contributed by atoms with Gasteiger partial charge in [0.25, 0.3) is 0 Å². The van der Waals surface area contributed by atoms with Gasteiger partial charge in [0, 0.05) is 23.7 Å². The Morgan fingerprint density at radius 1 is 1.23 bits per heavy atom. The Kier molecular flexibility index (Phi) is 7.60. The average molecular weight is 323 g/mol. The number of nitrogens with one attached hydrogen (secondary N) is 1. The molecule has 0 spiro atoms. The van der Waals surface area contributed by atoms with E-state index in [1.54, 1.807) is 6.20 Å². The zero-order valence-corrected chi connectivity index (χ0v) is 13.7. The van der Waals surface area contributed by atoms with Gasteiger partial charge in [0.2, 0.25) is 11.9 Å². The summed E-state index contributed by atoms with van der Waals surface area (Å²) in [5, 5.41) is 3.78. The van der Waals surface area contributed by atoms with Gasteiger partial charge < -0.3 is 11.1 Å². The second-order valence-corrected chi connectivity index (χ2v) is 5.21. The highest BCUT2D eigenvalue weighted by atomic mass is 35.5. The SMILES string of the molecule is CCCCCCCC(=O)Nc1ccc2nc(N)ncc2c1.Cl. The second-order valence-electron chi connectivity index (χ2n) is 5.21. The standard InChI is InChI=1S/C16H22N4O.ClH/c1-2-3-4-5-6-7-15(21)19-13-8-9-14-12(10-13)11-18-16(17)20-14;/h8-11H,2-7H2,1H3,(H,19,21)(H2,17,18,20);1H. The van der Waals surface area contributed by atoms with Gasteiger partial charge in [-0.1, -0.05) is 32.6 Å². The van der Waals surface area contributed by atoms with Gasteiger partial charge >= 0.3 is 0 Å². The van der Waals surface area contributed by atoms with Crippen LogP contribution >= 0.6 is 12.4 Å². The molecule has 0 saturated carbocycles. The fourth-order valence-electron chi connectivity index (χ4n) is 2.24. The lowest BCUT2D eigenvalue weighted by molar-refractivity contribution is -0.116. The van der Waals surface area contributed by atoms with Crippen LogP contribution in [0.1, 0.15) is 45.4 Å². The molecule has 1 amide bonds. The Morgan fingerprint density at radius 2 is 2.00 bits per heavy atom. The largest absolute Gasteiger partial charge is 0.368 e. The van der Waals surface area contributed by atoms with Crippen molar-refractivity contribution in [3.05, 3.63) is 24.4 Å². The fraction of sp³-hybridized carbons (Fsp3) is 0.438. The van der Waals surface area contributed by atoms with E-state index in [1.165, 1.54) is 19.3 Å². The number of nitrogen functional groups attached to an aromatic ring is 1. The number of hydrogen-bond acceptors (Lipinski definition) is 4. The first-order valence-corrected chi connectivity index (χ1v) is 7.51. The van der Waals surface area contributed by atoms with Gasteiger partial charge in [0.1, 0.15) is 0 Å². The molecule has 22 heavy (non-hydrogen) atoms. The van der Waals surface area contributed by atoms with Crippen LogP contribution in [-0.2, 0) is 4.79 Å². The molecule has 0 fully saturated rings. The number of amides is 1. The van der Waals surface area contributed by atoms with E-state index in [-0.39, 0.29) is 24.3 Å². The summed E-state index contributed by atoms with van der Waals surface area (Å²) in [6.45, 7) is 2.18. The van der Waals surface area contributed by atoms with Crippen molar-refractivity contribution in [2.45, 2.75) is 45.4 Å². The molecule has 6 heteroatoms. The van der Waals surface area contributed by atoms with Crippen molar-refractivity contribution in [2.75, 3.05) is 11.1 Å². The molecule has 3 N–H and O–H groups in total. The minimum atomic E-state index is 0. The number of anilines is 2. The van der Waals surface area contributed by atoms with Crippen LogP contribution in [-0.4, -0.2) is 15.9 Å². The number of carbonyl (C=O) groups excluding carboxylic acids is 1. The van der Waals surface area contributed by atoms with Crippen molar-refractivity contribution in [1.29, 1.82) is 0 Å². The first-order chi connectivity index (χ1) is 10.2. The zero-order valence-electron chi connectivity index (χ0n) is 12.8. The lowest BCUT2D eigenvalue weighted by atomic mass is 10.1. The van der Waals surface area contributed by atoms with E-state index < -0.39 is 0 Å². The Hall–Kier alpha value is -1.88. The number of carbonyl (C=O) groups is 1. The predicted molar refractivity (Wildman–Crippen MR) is 93.2 cm³/mol. The van der Waals surface area contributed by atoms with Crippen LogP contribution in [0.25, 0.3) is 10.9 Å². The lowest BCUT2D eigenvalue weighted by Gasteiger charge is -2.06. The van der Waals surface area contributed by atoms with Crippen LogP contribution in [0.2, 0.25) is 0 Å². The number of aromatic nitrogens is 2. The van der Waals surface area contributed by atoms with Gasteiger partial charge in [-0.05, 0) is 24.6 Å². The summed E-state index contributed by atoms with van der Waals surface area (Å²) in [5.41, 5.74) is 7.09. The van der Waals surface area contributed by atoms with Crippen molar-refractivity contribution in [2.24, 2.45) is 0 Å². The van der Waals surface area contributed by atoms with Crippen molar-refractivity contribution < 1.29 is 4.79 Å². The molecule has 0 bridgehead atoms. The summed E-state index contributed by atoms with van der Waals surface area (Å²) in [7, 11) is 0. The van der Waals surface area contributed by atoms with Crippen molar-refractivity contribution in [3.8, 4) is 0 Å². The monoisotopic (exact) mass is 322 g/mol. The third kappa shape index (κ3) is 5.48. The minimum Gasteiger partial charge on any atom is -0.368 e. The van der Waals surface area contributed by atoms with Crippen molar-refractivity contribution in [1.82, 2.24) is 9.97 Å². The Labute approximate surface area is 137 Å². The van der Waals surface area contributed by atoms with E-state index in [4.69, 9.17) is 5.73 Å². The van der Waals surface area contributed by atoms with Crippen LogP contribution in [0.5, 0.6) is 0 Å². The van der Waals surface area contributed by atoms with E-state index in [1.807, 2.05) is 18.2 Å². The van der Waals surface area contributed by atoms with Crippen molar-refractivity contribution >= 4 is 40.9 Å². The van der Waals surface area contributed by atoms with Crippen LogP contribution in [0.15, 0.2) is 24.4 Å². The summed E-state index contributed by atoms with van der Waals surface area (Å²) >= 11 is 0. The van der Waals surface area contributed by atoms with Crippen LogP contribution in [0.3, 0.4) is 0 Å². The molecular formula is C16H23ClN4O. The highest BCUT2D eigenvalue weighted by Gasteiger charge is 2.04. The third-order valence-corrected chi connectivity index (χ3v) is 3.39. The molecule has 0 aliphatic rings. The molecule has 5 nitrogen and oxygen atoms in total.